The largest absolute Gasteiger partial charge is 0.462 e. The molecule has 23 heavy (non-hydrogen) atoms. The first-order chi connectivity index (χ1) is 10.9. The number of carbonyl (C=O) groups excluding carboxylic acids is 1. The van der Waals surface area contributed by atoms with Crippen molar-refractivity contribution in [2.75, 3.05) is 25.4 Å². The van der Waals surface area contributed by atoms with Gasteiger partial charge in [-0.15, -0.1) is 0 Å². The van der Waals surface area contributed by atoms with Crippen LogP contribution in [0.2, 0.25) is 0 Å². The molecular weight excluding hydrogens is 290 g/mol. The standard InChI is InChI=1S/C13H21N3.C5H10O2/c14-13-4-2-1-3-11(13)5-10-16-12-6-8-15-9-7-12;1-5(2,3)7-4-6/h1-4,12,15-16H,5-10,14H2;4H,1-3H3. The summed E-state index contributed by atoms with van der Waals surface area (Å²) in [5.74, 6) is 0. The quantitative estimate of drug-likeness (QED) is 0.572. The summed E-state index contributed by atoms with van der Waals surface area (Å²) in [5.41, 5.74) is 7.75. The zero-order chi connectivity index (χ0) is 17.1. The van der Waals surface area contributed by atoms with Crippen LogP contribution in [0.4, 0.5) is 5.69 Å². The Morgan fingerprint density at radius 3 is 2.48 bits per heavy atom. The van der Waals surface area contributed by atoms with Gasteiger partial charge < -0.3 is 21.1 Å². The van der Waals surface area contributed by atoms with Crippen molar-refractivity contribution in [2.24, 2.45) is 0 Å². The summed E-state index contributed by atoms with van der Waals surface area (Å²) in [5, 5.41) is 6.97. The van der Waals surface area contributed by atoms with Gasteiger partial charge in [-0.25, -0.2) is 0 Å². The molecule has 1 saturated heterocycles. The van der Waals surface area contributed by atoms with Crippen LogP contribution in [0.3, 0.4) is 0 Å². The molecule has 0 aliphatic carbocycles. The normalized spacial score (nSPS) is 15.4. The van der Waals surface area contributed by atoms with Crippen LogP contribution in [0.15, 0.2) is 24.3 Å². The second-order valence-electron chi connectivity index (χ2n) is 6.75. The Kier molecular flexibility index (Phi) is 8.66. The molecule has 0 unspecified atom stereocenters. The van der Waals surface area contributed by atoms with Crippen LogP contribution in [-0.4, -0.2) is 37.7 Å². The smallest absolute Gasteiger partial charge is 0.293 e. The molecule has 0 spiro atoms. The zero-order valence-electron chi connectivity index (χ0n) is 14.6. The number of rotatable bonds is 5. The molecule has 0 aromatic heterocycles. The molecule has 1 aliphatic heterocycles. The SMILES string of the molecule is CC(C)(C)OC=O.Nc1ccccc1CCNC1CCNCC1. The molecular formula is C18H31N3O2. The Morgan fingerprint density at radius 2 is 1.96 bits per heavy atom. The Labute approximate surface area is 140 Å². The minimum Gasteiger partial charge on any atom is -0.462 e. The molecule has 130 valence electrons. The fourth-order valence-electron chi connectivity index (χ4n) is 2.34. The van der Waals surface area contributed by atoms with Gasteiger partial charge in [0.2, 0.25) is 0 Å². The molecule has 1 aliphatic rings. The highest BCUT2D eigenvalue weighted by molar-refractivity contribution is 5.46. The molecule has 1 aromatic rings. The van der Waals surface area contributed by atoms with Gasteiger partial charge in [-0.1, -0.05) is 18.2 Å². The summed E-state index contributed by atoms with van der Waals surface area (Å²) < 4.78 is 4.55. The second-order valence-corrected chi connectivity index (χ2v) is 6.75. The molecule has 5 nitrogen and oxygen atoms in total. The molecule has 1 fully saturated rings. The summed E-state index contributed by atoms with van der Waals surface area (Å²) in [4.78, 5) is 9.60. The topological polar surface area (TPSA) is 76.4 Å². The molecule has 2 rings (SSSR count). The van der Waals surface area contributed by atoms with Crippen molar-refractivity contribution in [1.82, 2.24) is 10.6 Å². The summed E-state index contributed by atoms with van der Waals surface area (Å²) in [6.45, 7) is 9.24. The summed E-state index contributed by atoms with van der Waals surface area (Å²) in [6.07, 6.45) is 3.51. The fraction of sp³-hybridized carbons (Fsp3) is 0.611. The monoisotopic (exact) mass is 321 g/mol. The second kappa shape index (κ2) is 10.2. The van der Waals surface area contributed by atoms with Gasteiger partial charge in [0.15, 0.2) is 0 Å². The number of para-hydroxylation sites is 1. The maximum Gasteiger partial charge on any atom is 0.293 e. The summed E-state index contributed by atoms with van der Waals surface area (Å²) in [7, 11) is 0. The molecule has 0 atom stereocenters. The third kappa shape index (κ3) is 9.21. The van der Waals surface area contributed by atoms with Crippen LogP contribution in [0, 0.1) is 0 Å². The van der Waals surface area contributed by atoms with E-state index in [4.69, 9.17) is 5.73 Å². The fourth-order valence-corrected chi connectivity index (χ4v) is 2.34. The number of carbonyl (C=O) groups is 1. The van der Waals surface area contributed by atoms with Crippen LogP contribution in [-0.2, 0) is 16.0 Å². The van der Waals surface area contributed by atoms with E-state index in [-0.39, 0.29) is 5.60 Å². The molecule has 1 heterocycles. The molecule has 0 amide bonds. The van der Waals surface area contributed by atoms with Crippen LogP contribution in [0.1, 0.15) is 39.2 Å². The number of ether oxygens (including phenoxy) is 1. The van der Waals surface area contributed by atoms with Crippen molar-refractivity contribution in [2.45, 2.75) is 51.7 Å². The number of nitrogens with two attached hydrogens (primary N) is 1. The lowest BCUT2D eigenvalue weighted by molar-refractivity contribution is -0.138. The van der Waals surface area contributed by atoms with E-state index in [9.17, 15) is 4.79 Å². The Hall–Kier alpha value is -1.59. The number of hydrogen-bond donors (Lipinski definition) is 3. The Balaban J connectivity index is 0.000000322. The minimum atomic E-state index is -0.318. The van der Waals surface area contributed by atoms with Crippen LogP contribution in [0.25, 0.3) is 0 Å². The summed E-state index contributed by atoms with van der Waals surface area (Å²) in [6, 6.07) is 8.81. The van der Waals surface area contributed by atoms with E-state index in [0.717, 1.165) is 31.7 Å². The average molecular weight is 321 g/mol. The lowest BCUT2D eigenvalue weighted by atomic mass is 10.1. The van der Waals surface area contributed by atoms with Gasteiger partial charge in [0.25, 0.3) is 6.47 Å². The van der Waals surface area contributed by atoms with Gasteiger partial charge in [0, 0.05) is 11.7 Å². The van der Waals surface area contributed by atoms with Gasteiger partial charge in [-0.3, -0.25) is 4.79 Å². The number of hydrogen-bond acceptors (Lipinski definition) is 5. The van der Waals surface area contributed by atoms with Gasteiger partial charge >= 0.3 is 0 Å². The van der Waals surface area contributed by atoms with E-state index < -0.39 is 0 Å². The number of nitrogen functional groups attached to an aromatic ring is 1. The van der Waals surface area contributed by atoms with Crippen molar-refractivity contribution in [3.63, 3.8) is 0 Å². The molecule has 0 bridgehead atoms. The van der Waals surface area contributed by atoms with Crippen LogP contribution in [0.5, 0.6) is 0 Å². The molecule has 4 N–H and O–H groups in total. The third-order valence-electron chi connectivity index (χ3n) is 3.62. The van der Waals surface area contributed by atoms with Crippen molar-refractivity contribution in [3.8, 4) is 0 Å². The predicted molar refractivity (Wildman–Crippen MR) is 95.4 cm³/mol. The lowest BCUT2D eigenvalue weighted by Gasteiger charge is -2.23. The average Bonchev–Trinajstić information content (AvgIpc) is 2.50. The number of piperidine rings is 1. The minimum absolute atomic E-state index is 0.318. The van der Waals surface area contributed by atoms with Crippen LogP contribution < -0.4 is 16.4 Å². The van der Waals surface area contributed by atoms with Crippen molar-refractivity contribution in [3.05, 3.63) is 29.8 Å². The molecule has 0 saturated carbocycles. The van der Waals surface area contributed by atoms with E-state index in [0.29, 0.717) is 12.5 Å². The zero-order valence-corrected chi connectivity index (χ0v) is 14.6. The summed E-state index contributed by atoms with van der Waals surface area (Å²) >= 11 is 0. The van der Waals surface area contributed by atoms with Gasteiger partial charge in [-0.2, -0.15) is 0 Å². The van der Waals surface area contributed by atoms with E-state index in [2.05, 4.69) is 27.5 Å². The maximum atomic E-state index is 9.60. The van der Waals surface area contributed by atoms with E-state index in [1.807, 2.05) is 32.9 Å². The highest BCUT2D eigenvalue weighted by Gasteiger charge is 2.11. The first kappa shape index (κ1) is 19.5. The number of benzene rings is 1. The van der Waals surface area contributed by atoms with E-state index in [1.54, 1.807) is 0 Å². The molecule has 0 radical (unpaired) electrons. The first-order valence-corrected chi connectivity index (χ1v) is 8.31. The Bertz CT molecular complexity index is 452. The molecule has 1 aromatic carbocycles. The molecule has 5 heteroatoms. The first-order valence-electron chi connectivity index (χ1n) is 8.31. The van der Waals surface area contributed by atoms with Gasteiger partial charge in [-0.05, 0) is 71.3 Å². The lowest BCUT2D eigenvalue weighted by Crippen LogP contribution is -2.40. The third-order valence-corrected chi connectivity index (χ3v) is 3.62. The predicted octanol–water partition coefficient (Wildman–Crippen LogP) is 2.11. The van der Waals surface area contributed by atoms with Gasteiger partial charge in [0.1, 0.15) is 5.60 Å². The highest BCUT2D eigenvalue weighted by Crippen LogP contribution is 2.11. The van der Waals surface area contributed by atoms with Crippen molar-refractivity contribution >= 4 is 12.2 Å². The number of nitrogens with one attached hydrogen (secondary N) is 2. The highest BCUT2D eigenvalue weighted by atomic mass is 16.5. The number of anilines is 1. The Morgan fingerprint density at radius 1 is 1.30 bits per heavy atom. The van der Waals surface area contributed by atoms with Crippen molar-refractivity contribution < 1.29 is 9.53 Å². The van der Waals surface area contributed by atoms with E-state index >= 15 is 0 Å². The van der Waals surface area contributed by atoms with Crippen molar-refractivity contribution in [1.29, 1.82) is 0 Å². The maximum absolute atomic E-state index is 9.60. The van der Waals surface area contributed by atoms with Gasteiger partial charge in [0.05, 0.1) is 0 Å². The van der Waals surface area contributed by atoms with Crippen LogP contribution >= 0.6 is 0 Å². The van der Waals surface area contributed by atoms with E-state index in [1.165, 1.54) is 18.4 Å².